The number of carboxylic acid groups (broad SMARTS) is 1. The normalized spacial score (nSPS) is 31.5. The van der Waals surface area contributed by atoms with Crippen LogP contribution in [0.15, 0.2) is 0 Å². The fourth-order valence-electron chi connectivity index (χ4n) is 2.48. The minimum absolute atomic E-state index is 0.144. The first kappa shape index (κ1) is 11.4. The molecule has 1 N–H and O–H groups in total. The molecule has 2 rings (SSSR count). The van der Waals surface area contributed by atoms with E-state index in [1.165, 1.54) is 0 Å². The van der Waals surface area contributed by atoms with Crippen LogP contribution in [0, 0.1) is 5.92 Å². The molecule has 1 amide bonds. The van der Waals surface area contributed by atoms with Crippen molar-refractivity contribution in [3.63, 3.8) is 0 Å². The quantitative estimate of drug-likeness (QED) is 0.759. The number of rotatable bonds is 2. The second-order valence-electron chi connectivity index (χ2n) is 4.49. The Labute approximate surface area is 94.4 Å². The summed E-state index contributed by atoms with van der Waals surface area (Å²) in [5, 5.41) is 8.88. The van der Waals surface area contributed by atoms with Crippen molar-refractivity contribution in [1.29, 1.82) is 0 Å². The van der Waals surface area contributed by atoms with E-state index in [2.05, 4.69) is 0 Å². The molecule has 5 heteroatoms. The third-order valence-electron chi connectivity index (χ3n) is 3.50. The number of hydrogen-bond acceptors (Lipinski definition) is 3. The second-order valence-corrected chi connectivity index (χ2v) is 4.49. The first-order valence-electron chi connectivity index (χ1n) is 5.78. The van der Waals surface area contributed by atoms with E-state index in [4.69, 9.17) is 9.84 Å². The molecule has 1 heterocycles. The summed E-state index contributed by atoms with van der Waals surface area (Å²) in [6, 6.07) is 0.184. The van der Waals surface area contributed by atoms with Gasteiger partial charge in [0, 0.05) is 6.04 Å². The molecule has 16 heavy (non-hydrogen) atoms. The van der Waals surface area contributed by atoms with Crippen LogP contribution >= 0.6 is 0 Å². The van der Waals surface area contributed by atoms with Crippen LogP contribution in [0.2, 0.25) is 0 Å². The third kappa shape index (κ3) is 2.35. The Bertz CT molecular complexity index is 284. The van der Waals surface area contributed by atoms with Crippen molar-refractivity contribution < 1.29 is 19.4 Å². The zero-order valence-electron chi connectivity index (χ0n) is 9.22. The molecule has 1 aliphatic heterocycles. The average molecular weight is 227 g/mol. The van der Waals surface area contributed by atoms with Gasteiger partial charge in [-0.25, -0.2) is 0 Å². The van der Waals surface area contributed by atoms with Crippen molar-refractivity contribution in [3.05, 3.63) is 0 Å². The van der Waals surface area contributed by atoms with Crippen LogP contribution in [0.4, 0.5) is 0 Å². The highest BCUT2D eigenvalue weighted by Crippen LogP contribution is 2.28. The van der Waals surface area contributed by atoms with Gasteiger partial charge in [-0.2, -0.15) is 0 Å². The lowest BCUT2D eigenvalue weighted by Crippen LogP contribution is -2.47. The van der Waals surface area contributed by atoms with E-state index in [0.29, 0.717) is 32.6 Å². The Morgan fingerprint density at radius 1 is 1.31 bits per heavy atom. The molecular weight excluding hydrogens is 210 g/mol. The fourth-order valence-corrected chi connectivity index (χ4v) is 2.48. The van der Waals surface area contributed by atoms with Crippen LogP contribution in [0.5, 0.6) is 0 Å². The van der Waals surface area contributed by atoms with Crippen LogP contribution < -0.4 is 0 Å². The highest BCUT2D eigenvalue weighted by molar-refractivity contribution is 5.77. The minimum atomic E-state index is -0.709. The zero-order chi connectivity index (χ0) is 11.5. The maximum Gasteiger partial charge on any atom is 0.306 e. The Balaban J connectivity index is 1.88. The van der Waals surface area contributed by atoms with Gasteiger partial charge in [0.25, 0.3) is 0 Å². The van der Waals surface area contributed by atoms with E-state index in [-0.39, 0.29) is 17.9 Å². The lowest BCUT2D eigenvalue weighted by molar-refractivity contribution is -0.152. The minimum Gasteiger partial charge on any atom is -0.481 e. The Morgan fingerprint density at radius 3 is 2.56 bits per heavy atom. The molecule has 0 unspecified atom stereocenters. The maximum atomic E-state index is 11.6. The van der Waals surface area contributed by atoms with E-state index in [1.54, 1.807) is 4.90 Å². The first-order valence-corrected chi connectivity index (χ1v) is 5.78. The van der Waals surface area contributed by atoms with Crippen molar-refractivity contribution in [3.8, 4) is 0 Å². The van der Waals surface area contributed by atoms with Crippen molar-refractivity contribution in [1.82, 2.24) is 4.90 Å². The van der Waals surface area contributed by atoms with Crippen LogP contribution in [0.25, 0.3) is 0 Å². The SMILES string of the molecule is O=C(O)C1CCC(N2COCCC2=O)CC1. The maximum absolute atomic E-state index is 11.6. The van der Waals surface area contributed by atoms with Crippen molar-refractivity contribution in [2.24, 2.45) is 5.92 Å². The summed E-state index contributed by atoms with van der Waals surface area (Å²) in [6.07, 6.45) is 3.37. The summed E-state index contributed by atoms with van der Waals surface area (Å²) >= 11 is 0. The Morgan fingerprint density at radius 2 is 2.00 bits per heavy atom. The molecule has 2 aliphatic rings. The molecule has 0 atom stereocenters. The number of carbonyl (C=O) groups excluding carboxylic acids is 1. The standard InChI is InChI=1S/C11H17NO4/c13-10-5-6-16-7-12(10)9-3-1-8(2-4-9)11(14)15/h8-9H,1-7H2,(H,14,15). The van der Waals surface area contributed by atoms with E-state index < -0.39 is 5.97 Å². The van der Waals surface area contributed by atoms with E-state index in [1.807, 2.05) is 0 Å². The van der Waals surface area contributed by atoms with Gasteiger partial charge in [-0.05, 0) is 25.7 Å². The molecule has 0 aromatic heterocycles. The number of hydrogen-bond donors (Lipinski definition) is 1. The molecule has 0 aromatic carbocycles. The number of carboxylic acids is 1. The molecule has 0 radical (unpaired) electrons. The summed E-state index contributed by atoms with van der Waals surface area (Å²) in [7, 11) is 0. The van der Waals surface area contributed by atoms with Crippen LogP contribution in [-0.2, 0) is 14.3 Å². The smallest absolute Gasteiger partial charge is 0.306 e. The zero-order valence-corrected chi connectivity index (χ0v) is 9.22. The van der Waals surface area contributed by atoms with E-state index >= 15 is 0 Å². The second kappa shape index (κ2) is 4.82. The Kier molecular flexibility index (Phi) is 3.43. The molecular formula is C11H17NO4. The van der Waals surface area contributed by atoms with Crippen molar-refractivity contribution >= 4 is 11.9 Å². The molecule has 2 fully saturated rings. The monoisotopic (exact) mass is 227 g/mol. The van der Waals surface area contributed by atoms with Crippen LogP contribution in [0.1, 0.15) is 32.1 Å². The summed E-state index contributed by atoms with van der Waals surface area (Å²) in [5.74, 6) is -0.790. The molecule has 90 valence electrons. The largest absolute Gasteiger partial charge is 0.481 e. The number of ether oxygens (including phenoxy) is 1. The van der Waals surface area contributed by atoms with Gasteiger partial charge < -0.3 is 14.7 Å². The van der Waals surface area contributed by atoms with Gasteiger partial charge in [-0.1, -0.05) is 0 Å². The number of carbonyl (C=O) groups is 2. The summed E-state index contributed by atoms with van der Waals surface area (Å²) in [5.41, 5.74) is 0. The topological polar surface area (TPSA) is 66.8 Å². The van der Waals surface area contributed by atoms with Gasteiger partial charge in [0.15, 0.2) is 0 Å². The summed E-state index contributed by atoms with van der Waals surface area (Å²) < 4.78 is 5.27. The van der Waals surface area contributed by atoms with Crippen LogP contribution in [-0.4, -0.2) is 41.3 Å². The Hall–Kier alpha value is -1.10. The third-order valence-corrected chi connectivity index (χ3v) is 3.50. The molecule has 5 nitrogen and oxygen atoms in total. The molecule has 1 saturated carbocycles. The van der Waals surface area contributed by atoms with Gasteiger partial charge >= 0.3 is 5.97 Å². The lowest BCUT2D eigenvalue weighted by Gasteiger charge is -2.37. The molecule has 1 saturated heterocycles. The molecule has 0 aromatic rings. The summed E-state index contributed by atoms with van der Waals surface area (Å²) in [6.45, 7) is 0.890. The van der Waals surface area contributed by atoms with Gasteiger partial charge in [0.05, 0.1) is 18.9 Å². The molecule has 0 bridgehead atoms. The number of amides is 1. The highest BCUT2D eigenvalue weighted by atomic mass is 16.5. The van der Waals surface area contributed by atoms with Crippen LogP contribution in [0.3, 0.4) is 0 Å². The average Bonchev–Trinajstić information content (AvgIpc) is 2.30. The van der Waals surface area contributed by atoms with Gasteiger partial charge in [-0.15, -0.1) is 0 Å². The van der Waals surface area contributed by atoms with Crippen molar-refractivity contribution in [2.75, 3.05) is 13.3 Å². The number of aliphatic carboxylic acids is 1. The van der Waals surface area contributed by atoms with Gasteiger partial charge in [0.2, 0.25) is 5.91 Å². The predicted octanol–water partition coefficient (Wildman–Crippen LogP) is 0.836. The highest BCUT2D eigenvalue weighted by Gasteiger charge is 2.32. The van der Waals surface area contributed by atoms with E-state index in [9.17, 15) is 9.59 Å². The van der Waals surface area contributed by atoms with Gasteiger partial charge in [-0.3, -0.25) is 9.59 Å². The van der Waals surface area contributed by atoms with E-state index in [0.717, 1.165) is 12.8 Å². The summed E-state index contributed by atoms with van der Waals surface area (Å²) in [4.78, 5) is 24.2. The molecule has 1 aliphatic carbocycles. The van der Waals surface area contributed by atoms with Crippen molar-refractivity contribution in [2.45, 2.75) is 38.1 Å². The fraction of sp³-hybridized carbons (Fsp3) is 0.818. The molecule has 0 spiro atoms. The van der Waals surface area contributed by atoms with Gasteiger partial charge in [0.1, 0.15) is 6.73 Å². The predicted molar refractivity (Wildman–Crippen MR) is 55.7 cm³/mol. The number of nitrogens with zero attached hydrogens (tertiary/aromatic N) is 1. The first-order chi connectivity index (χ1) is 7.68. The lowest BCUT2D eigenvalue weighted by atomic mass is 9.85.